The third-order valence-electron chi connectivity index (χ3n) is 7.36. The molecule has 0 aliphatic carbocycles. The normalized spacial score (nSPS) is 20.9. The molecule has 3 N–H and O–H groups in total. The highest BCUT2D eigenvalue weighted by Crippen LogP contribution is 2.41. The summed E-state index contributed by atoms with van der Waals surface area (Å²) in [6, 6.07) is 10.7. The number of nitrogens with zero attached hydrogens (tertiary/aromatic N) is 3. The summed E-state index contributed by atoms with van der Waals surface area (Å²) in [6.45, 7) is 0.0785. The number of carbonyl (C=O) groups is 1. The number of carboxylic acids is 1. The Labute approximate surface area is 227 Å². The van der Waals surface area contributed by atoms with Gasteiger partial charge in [0.05, 0.1) is 35.3 Å². The highest BCUT2D eigenvalue weighted by molar-refractivity contribution is 8.00. The fourth-order valence-corrected chi connectivity index (χ4v) is 6.17. The van der Waals surface area contributed by atoms with Crippen LogP contribution in [0.4, 0.5) is 24.7 Å². The van der Waals surface area contributed by atoms with E-state index < -0.39 is 11.5 Å². The van der Waals surface area contributed by atoms with E-state index in [0.717, 1.165) is 19.3 Å². The second-order valence-electron chi connectivity index (χ2n) is 9.60. The molecule has 39 heavy (non-hydrogen) atoms. The number of rotatable bonds is 7. The Balaban J connectivity index is 1.41. The van der Waals surface area contributed by atoms with Crippen LogP contribution < -0.4 is 15.4 Å². The number of fused-ring (bicyclic) bond motifs is 3. The molecule has 0 saturated carbocycles. The Morgan fingerprint density at radius 1 is 1.23 bits per heavy atom. The molecular formula is C27H28F3N5O3S. The lowest BCUT2D eigenvalue weighted by Crippen LogP contribution is -2.48. The van der Waals surface area contributed by atoms with Crippen molar-refractivity contribution in [3.8, 4) is 17.6 Å². The highest BCUT2D eigenvalue weighted by Gasteiger charge is 2.40. The Bertz CT molecular complexity index is 1450. The van der Waals surface area contributed by atoms with Gasteiger partial charge >= 0.3 is 11.5 Å². The van der Waals surface area contributed by atoms with E-state index >= 15 is 0 Å². The van der Waals surface area contributed by atoms with Crippen molar-refractivity contribution in [2.24, 2.45) is 0 Å². The first-order chi connectivity index (χ1) is 18.6. The maximum atomic E-state index is 13.5. The highest BCUT2D eigenvalue weighted by atomic mass is 32.2. The number of thioether (sulfide) groups is 1. The largest absolute Gasteiger partial charge is 0.495 e. The first kappa shape index (κ1) is 27.0. The van der Waals surface area contributed by atoms with Gasteiger partial charge in [-0.05, 0) is 80.7 Å². The van der Waals surface area contributed by atoms with Crippen molar-refractivity contribution in [2.45, 2.75) is 54.2 Å². The number of aromatic carboxylic acids is 1. The molecule has 2 aliphatic rings. The molecule has 3 aromatic rings. The van der Waals surface area contributed by atoms with Crippen molar-refractivity contribution in [1.82, 2.24) is 14.5 Å². The third-order valence-corrected chi connectivity index (χ3v) is 8.19. The van der Waals surface area contributed by atoms with Gasteiger partial charge in [-0.3, -0.25) is 4.90 Å². The van der Waals surface area contributed by atoms with Crippen LogP contribution in [-0.2, 0) is 0 Å². The standard InChI is InChI=1S/C27H28F3N5O3S/c1-34-17-9-12-18(21(34)13-10-17)32-24-7-3-6-22-25(39-27(28,29)30)20(33-35(22)24)5-4-14-31-19-11-8-16(26(36)37)15-23(19)38-2/h3,6-8,11,15,17-18,21,31-32H,9-10,12-14H2,1-2H3,(H,36,37)/t17-,18-,21-/m1/s1. The molecule has 2 aromatic heterocycles. The predicted octanol–water partition coefficient (Wildman–Crippen LogP) is 5.15. The molecule has 12 heteroatoms. The summed E-state index contributed by atoms with van der Waals surface area (Å²) in [5, 5.41) is 20.2. The summed E-state index contributed by atoms with van der Waals surface area (Å²) < 4.78 is 47.3. The SMILES string of the molecule is COc1cc(C(=O)O)ccc1NCC#Cc1nn2c(N[C@@H]3CC[C@@H]4CC[C@H]3N4C)cccc2c1SC(F)(F)F. The molecule has 2 bridgehead atoms. The van der Waals surface area contributed by atoms with Crippen LogP contribution in [0.2, 0.25) is 0 Å². The Kier molecular flexibility index (Phi) is 7.55. The number of methoxy groups -OCH3 is 1. The first-order valence-electron chi connectivity index (χ1n) is 12.5. The topological polar surface area (TPSA) is 91.1 Å². The van der Waals surface area contributed by atoms with Gasteiger partial charge < -0.3 is 20.5 Å². The molecule has 0 unspecified atom stereocenters. The Morgan fingerprint density at radius 3 is 2.77 bits per heavy atom. The van der Waals surface area contributed by atoms with Gasteiger partial charge in [0, 0.05) is 18.1 Å². The van der Waals surface area contributed by atoms with E-state index in [-0.39, 0.29) is 40.5 Å². The minimum Gasteiger partial charge on any atom is -0.495 e. The van der Waals surface area contributed by atoms with E-state index in [1.54, 1.807) is 18.2 Å². The molecule has 2 aliphatic heterocycles. The quantitative estimate of drug-likeness (QED) is 0.270. The van der Waals surface area contributed by atoms with Gasteiger partial charge in [-0.25, -0.2) is 9.31 Å². The maximum absolute atomic E-state index is 13.5. The number of nitrogens with one attached hydrogen (secondary N) is 2. The van der Waals surface area contributed by atoms with Crippen molar-refractivity contribution in [2.75, 3.05) is 31.3 Å². The predicted molar refractivity (Wildman–Crippen MR) is 144 cm³/mol. The van der Waals surface area contributed by atoms with Gasteiger partial charge in [-0.15, -0.1) is 0 Å². The Morgan fingerprint density at radius 2 is 2.03 bits per heavy atom. The van der Waals surface area contributed by atoms with Crippen molar-refractivity contribution < 1.29 is 27.8 Å². The summed E-state index contributed by atoms with van der Waals surface area (Å²) >= 11 is -0.223. The van der Waals surface area contributed by atoms with Gasteiger partial charge in [0.2, 0.25) is 0 Å². The summed E-state index contributed by atoms with van der Waals surface area (Å²) in [5.41, 5.74) is -3.57. The number of benzene rings is 1. The zero-order valence-corrected chi connectivity index (χ0v) is 22.2. The number of halogens is 3. The van der Waals surface area contributed by atoms with Crippen LogP contribution in [0.3, 0.4) is 0 Å². The maximum Gasteiger partial charge on any atom is 0.446 e. The van der Waals surface area contributed by atoms with E-state index in [4.69, 9.17) is 9.84 Å². The van der Waals surface area contributed by atoms with Crippen LogP contribution in [0.15, 0.2) is 41.3 Å². The van der Waals surface area contributed by atoms with E-state index in [1.165, 1.54) is 30.2 Å². The zero-order chi connectivity index (χ0) is 27.7. The van der Waals surface area contributed by atoms with E-state index in [1.807, 2.05) is 6.07 Å². The second-order valence-corrected chi connectivity index (χ2v) is 10.7. The van der Waals surface area contributed by atoms with Gasteiger partial charge in [0.25, 0.3) is 0 Å². The van der Waals surface area contributed by atoms with Crippen LogP contribution in [0.5, 0.6) is 5.75 Å². The van der Waals surface area contributed by atoms with Gasteiger partial charge in [0.15, 0.2) is 0 Å². The molecule has 1 aromatic carbocycles. The first-order valence-corrected chi connectivity index (χ1v) is 13.4. The molecule has 3 atom stereocenters. The Hall–Kier alpha value is -3.56. The summed E-state index contributed by atoms with van der Waals surface area (Å²) in [7, 11) is 3.55. The van der Waals surface area contributed by atoms with Gasteiger partial charge in [-0.2, -0.15) is 18.3 Å². The smallest absolute Gasteiger partial charge is 0.446 e. The number of ether oxygens (including phenoxy) is 1. The van der Waals surface area contributed by atoms with Crippen molar-refractivity contribution in [3.05, 3.63) is 47.7 Å². The molecule has 5 rings (SSSR count). The number of alkyl halides is 3. The molecule has 4 heterocycles. The molecule has 0 radical (unpaired) electrons. The average Bonchev–Trinajstić information content (AvgIpc) is 3.34. The molecule has 0 spiro atoms. The number of carboxylic acid groups (broad SMARTS) is 1. The van der Waals surface area contributed by atoms with Crippen LogP contribution in [0.25, 0.3) is 5.52 Å². The van der Waals surface area contributed by atoms with Crippen LogP contribution in [-0.4, -0.2) is 69.9 Å². The van der Waals surface area contributed by atoms with Crippen LogP contribution in [0, 0.1) is 11.8 Å². The van der Waals surface area contributed by atoms with E-state index in [2.05, 4.69) is 39.5 Å². The minimum atomic E-state index is -4.51. The van der Waals surface area contributed by atoms with Gasteiger partial charge in [0.1, 0.15) is 17.3 Å². The number of likely N-dealkylation sites (N-methyl/N-ethyl adjacent to an activating group) is 1. The summed E-state index contributed by atoms with van der Waals surface area (Å²) in [6.07, 6.45) is 4.34. The monoisotopic (exact) mass is 559 g/mol. The van der Waals surface area contributed by atoms with Crippen molar-refractivity contribution in [3.63, 3.8) is 0 Å². The van der Waals surface area contributed by atoms with Crippen LogP contribution in [0.1, 0.15) is 41.7 Å². The van der Waals surface area contributed by atoms with Crippen molar-refractivity contribution in [1.29, 1.82) is 0 Å². The summed E-state index contributed by atoms with van der Waals surface area (Å²) in [5.74, 6) is 5.49. The fraction of sp³-hybridized carbons (Fsp3) is 0.407. The molecule has 0 amide bonds. The number of anilines is 2. The average molecular weight is 560 g/mol. The third kappa shape index (κ3) is 5.74. The van der Waals surface area contributed by atoms with E-state index in [9.17, 15) is 18.0 Å². The van der Waals surface area contributed by atoms with Crippen LogP contribution >= 0.6 is 11.8 Å². The molecule has 206 valence electrons. The zero-order valence-electron chi connectivity index (χ0n) is 21.4. The molecule has 2 saturated heterocycles. The number of hydrogen-bond donors (Lipinski definition) is 3. The van der Waals surface area contributed by atoms with Gasteiger partial charge in [-0.1, -0.05) is 12.0 Å². The minimum absolute atomic E-state index is 0.0308. The summed E-state index contributed by atoms with van der Waals surface area (Å²) in [4.78, 5) is 13.5. The number of pyridine rings is 1. The lowest BCUT2D eigenvalue weighted by molar-refractivity contribution is -0.0327. The van der Waals surface area contributed by atoms with E-state index in [0.29, 0.717) is 34.9 Å². The fourth-order valence-electron chi connectivity index (χ4n) is 5.49. The number of hydrogen-bond acceptors (Lipinski definition) is 7. The van der Waals surface area contributed by atoms with Crippen molar-refractivity contribution >= 4 is 34.8 Å². The molecule has 2 fully saturated rings. The number of piperidine rings is 1. The lowest BCUT2D eigenvalue weighted by atomic mass is 9.98. The lowest BCUT2D eigenvalue weighted by Gasteiger charge is -2.38. The second kappa shape index (κ2) is 10.9. The number of aromatic nitrogens is 2. The molecule has 8 nitrogen and oxygen atoms in total. The molecular weight excluding hydrogens is 531 g/mol.